The average Bonchev–Trinajstić information content (AvgIpc) is 3.03. The summed E-state index contributed by atoms with van der Waals surface area (Å²) in [7, 11) is 3.76. The van der Waals surface area contributed by atoms with Gasteiger partial charge in [-0.15, -0.1) is 12.4 Å². The molecule has 0 saturated carbocycles. The van der Waals surface area contributed by atoms with Crippen molar-refractivity contribution in [1.82, 2.24) is 5.32 Å². The number of nitrogens with zero attached hydrogens (tertiary/aromatic N) is 1. The van der Waals surface area contributed by atoms with E-state index in [9.17, 15) is 13.2 Å². The van der Waals surface area contributed by atoms with Gasteiger partial charge in [0.2, 0.25) is 0 Å². The minimum Gasteiger partial charge on any atom is -0.486 e. The Morgan fingerprint density at radius 2 is 1.44 bits per heavy atom. The molecular weight excluding hydrogens is 617 g/mol. The van der Waals surface area contributed by atoms with Crippen LogP contribution in [0.4, 0.5) is 18.9 Å². The van der Waals surface area contributed by atoms with Gasteiger partial charge in [-0.1, -0.05) is 72.8 Å². The van der Waals surface area contributed by atoms with E-state index < -0.39 is 11.7 Å². The molecule has 0 aliphatic carbocycles. The molecule has 0 saturated heterocycles. The highest BCUT2D eigenvalue weighted by molar-refractivity contribution is 7.80. The largest absolute Gasteiger partial charge is 0.486 e. The number of hydrogen-bond acceptors (Lipinski definition) is 4. The number of halogens is 4. The maximum absolute atomic E-state index is 12.6. The number of benzene rings is 5. The van der Waals surface area contributed by atoms with Crippen molar-refractivity contribution in [2.24, 2.45) is 0 Å². The molecule has 0 aliphatic heterocycles. The van der Waals surface area contributed by atoms with Crippen molar-refractivity contribution >= 4 is 46.3 Å². The van der Waals surface area contributed by atoms with E-state index in [0.29, 0.717) is 10.9 Å². The van der Waals surface area contributed by atoms with Gasteiger partial charge in [-0.05, 0) is 103 Å². The van der Waals surface area contributed by atoms with E-state index in [2.05, 4.69) is 36.5 Å². The fourth-order valence-corrected chi connectivity index (χ4v) is 4.67. The molecule has 0 aliphatic rings. The molecule has 45 heavy (non-hydrogen) atoms. The van der Waals surface area contributed by atoms with E-state index >= 15 is 0 Å². The van der Waals surface area contributed by atoms with Crippen molar-refractivity contribution in [3.8, 4) is 11.5 Å². The van der Waals surface area contributed by atoms with Crippen molar-refractivity contribution in [2.45, 2.75) is 25.6 Å². The smallest absolute Gasteiger partial charge is 0.416 e. The first-order valence-corrected chi connectivity index (χ1v) is 14.6. The van der Waals surface area contributed by atoms with E-state index in [4.69, 9.17) is 21.7 Å². The third-order valence-corrected chi connectivity index (χ3v) is 7.23. The Morgan fingerprint density at radius 3 is 2.09 bits per heavy atom. The second-order valence-corrected chi connectivity index (χ2v) is 10.6. The minimum absolute atomic E-state index is 0. The number of ether oxygens (including phenoxy) is 2. The van der Waals surface area contributed by atoms with Gasteiger partial charge in [0.1, 0.15) is 17.6 Å². The van der Waals surface area contributed by atoms with Crippen LogP contribution in [-0.2, 0) is 6.18 Å². The van der Waals surface area contributed by atoms with Crippen LogP contribution in [0.15, 0.2) is 121 Å². The summed E-state index contributed by atoms with van der Waals surface area (Å²) in [5, 5.41) is 5.81. The second-order valence-electron chi connectivity index (χ2n) is 10.2. The van der Waals surface area contributed by atoms with Crippen LogP contribution in [0.25, 0.3) is 10.8 Å². The van der Waals surface area contributed by atoms with Gasteiger partial charge in [-0.25, -0.2) is 0 Å². The molecule has 0 fully saturated rings. The number of aryl methyl sites for hydroxylation is 1. The number of hydrogen-bond donors (Lipinski definition) is 1. The van der Waals surface area contributed by atoms with Crippen molar-refractivity contribution in [2.75, 3.05) is 25.5 Å². The predicted molar refractivity (Wildman–Crippen MR) is 184 cm³/mol. The normalized spacial score (nSPS) is 11.4. The lowest BCUT2D eigenvalue weighted by Gasteiger charge is -2.20. The first-order chi connectivity index (χ1) is 21.1. The standard InChI is InChI=1S/C19H17NOS.C17H18F3NO.ClH/c1-14-6-5-9-17(12-14)20(2)19(22)21-18-11-10-15-7-3-4-8-16(15)13-18;1-21-12-11-16(13-5-3-2-4-6-13)22-15-9-7-14(8-10-15)17(18,19)20;/h3-13H,1-2H3;2-10,16,21H,11-12H2,1H3;1H. The van der Waals surface area contributed by atoms with Crippen molar-refractivity contribution < 1.29 is 22.6 Å². The highest BCUT2D eigenvalue weighted by atomic mass is 35.5. The molecule has 0 amide bonds. The predicted octanol–water partition coefficient (Wildman–Crippen LogP) is 9.81. The van der Waals surface area contributed by atoms with Crippen LogP contribution in [0, 0.1) is 6.92 Å². The van der Waals surface area contributed by atoms with Gasteiger partial charge in [0.05, 0.1) is 5.56 Å². The van der Waals surface area contributed by atoms with E-state index in [1.54, 1.807) is 0 Å². The molecular formula is C36H36ClF3N2O2S. The van der Waals surface area contributed by atoms with Crippen LogP contribution in [0.2, 0.25) is 0 Å². The zero-order valence-electron chi connectivity index (χ0n) is 25.3. The molecule has 5 aromatic rings. The number of nitrogens with one attached hydrogen (secondary N) is 1. The Labute approximate surface area is 274 Å². The summed E-state index contributed by atoms with van der Waals surface area (Å²) in [5.74, 6) is 1.18. The first-order valence-electron chi connectivity index (χ1n) is 14.2. The summed E-state index contributed by atoms with van der Waals surface area (Å²) in [6, 6.07) is 36.8. The second kappa shape index (κ2) is 16.8. The van der Waals surface area contributed by atoms with Crippen LogP contribution in [0.5, 0.6) is 11.5 Å². The average molecular weight is 653 g/mol. The van der Waals surface area contributed by atoms with E-state index in [0.717, 1.165) is 47.5 Å². The molecule has 9 heteroatoms. The summed E-state index contributed by atoms with van der Waals surface area (Å²) in [5.41, 5.74) is 2.53. The molecule has 5 aromatic carbocycles. The zero-order chi connectivity index (χ0) is 31.5. The molecule has 0 aromatic heterocycles. The highest BCUT2D eigenvalue weighted by Gasteiger charge is 2.30. The van der Waals surface area contributed by atoms with Crippen LogP contribution < -0.4 is 19.7 Å². The zero-order valence-corrected chi connectivity index (χ0v) is 26.9. The Kier molecular flexibility index (Phi) is 13.2. The maximum Gasteiger partial charge on any atom is 0.416 e. The Hall–Kier alpha value is -4.11. The lowest BCUT2D eigenvalue weighted by Crippen LogP contribution is -2.29. The molecule has 1 unspecified atom stereocenters. The molecule has 1 N–H and O–H groups in total. The van der Waals surface area contributed by atoms with Crippen LogP contribution in [0.3, 0.4) is 0 Å². The van der Waals surface area contributed by atoms with E-state index in [1.165, 1.54) is 23.1 Å². The number of thiocarbonyl (C=S) groups is 1. The summed E-state index contributed by atoms with van der Waals surface area (Å²) in [6.45, 7) is 2.81. The minimum atomic E-state index is -4.33. The van der Waals surface area contributed by atoms with Crippen LogP contribution in [-0.4, -0.2) is 25.8 Å². The van der Waals surface area contributed by atoms with Crippen molar-refractivity contribution in [3.63, 3.8) is 0 Å². The summed E-state index contributed by atoms with van der Waals surface area (Å²) >= 11 is 5.41. The molecule has 0 heterocycles. The van der Waals surface area contributed by atoms with Crippen LogP contribution >= 0.6 is 24.6 Å². The van der Waals surface area contributed by atoms with E-state index in [1.807, 2.05) is 91.8 Å². The summed E-state index contributed by atoms with van der Waals surface area (Å²) in [4.78, 5) is 1.87. The number of rotatable bonds is 8. The fraction of sp³-hybridized carbons (Fsp3) is 0.194. The first kappa shape index (κ1) is 35.4. The van der Waals surface area contributed by atoms with Gasteiger partial charge < -0.3 is 19.7 Å². The molecule has 1 atom stereocenters. The summed E-state index contributed by atoms with van der Waals surface area (Å²) < 4.78 is 49.4. The van der Waals surface area contributed by atoms with Gasteiger partial charge in [-0.2, -0.15) is 13.2 Å². The number of alkyl halides is 3. The molecule has 236 valence electrons. The molecule has 4 nitrogen and oxygen atoms in total. The topological polar surface area (TPSA) is 33.7 Å². The Morgan fingerprint density at radius 1 is 0.800 bits per heavy atom. The quantitative estimate of drug-likeness (QED) is 0.169. The van der Waals surface area contributed by atoms with Crippen LogP contribution in [0.1, 0.15) is 29.2 Å². The van der Waals surface area contributed by atoms with Crippen molar-refractivity contribution in [3.05, 3.63) is 138 Å². The van der Waals surface area contributed by atoms with Gasteiger partial charge in [0.15, 0.2) is 0 Å². The van der Waals surface area contributed by atoms with Gasteiger partial charge in [-0.3, -0.25) is 0 Å². The maximum atomic E-state index is 12.6. The molecule has 0 spiro atoms. The molecule has 5 rings (SSSR count). The number of fused-ring (bicyclic) bond motifs is 1. The third kappa shape index (κ3) is 10.5. The highest BCUT2D eigenvalue weighted by Crippen LogP contribution is 2.32. The molecule has 0 radical (unpaired) electrons. The fourth-order valence-electron chi connectivity index (χ4n) is 4.47. The monoisotopic (exact) mass is 652 g/mol. The van der Waals surface area contributed by atoms with Crippen molar-refractivity contribution in [1.29, 1.82) is 0 Å². The summed E-state index contributed by atoms with van der Waals surface area (Å²) in [6.07, 6.45) is -3.81. The van der Waals surface area contributed by atoms with Gasteiger partial charge in [0, 0.05) is 19.2 Å². The van der Waals surface area contributed by atoms with E-state index in [-0.39, 0.29) is 18.5 Å². The van der Waals surface area contributed by atoms with Gasteiger partial charge in [0.25, 0.3) is 5.17 Å². The SMILES string of the molecule is CNCCC(Oc1ccc(C(F)(F)F)cc1)c1ccccc1.Cc1cccc(N(C)C(=S)Oc2ccc3ccccc3c2)c1.Cl. The third-order valence-electron chi connectivity index (χ3n) is 6.88. The Balaban J connectivity index is 0.000000240. The lowest BCUT2D eigenvalue weighted by molar-refractivity contribution is -0.137. The Bertz CT molecular complexity index is 1650. The molecule has 0 bridgehead atoms. The van der Waals surface area contributed by atoms with Gasteiger partial charge >= 0.3 is 6.18 Å². The lowest BCUT2D eigenvalue weighted by atomic mass is 10.1. The number of anilines is 1.